The molecule has 0 aliphatic carbocycles. The maximum Gasteiger partial charge on any atom is 1.00 e. The fourth-order valence-corrected chi connectivity index (χ4v) is 3.50. The van der Waals surface area contributed by atoms with Crippen molar-refractivity contribution < 1.29 is 74.8 Å². The molecule has 9 heteroatoms. The molecule has 0 bridgehead atoms. The van der Waals surface area contributed by atoms with Gasteiger partial charge in [0.2, 0.25) is 0 Å². The molecule has 2 aromatic carbocycles. The van der Waals surface area contributed by atoms with E-state index in [1.54, 1.807) is 19.1 Å². The molecule has 0 spiro atoms. The van der Waals surface area contributed by atoms with Crippen LogP contribution in [0.5, 0.6) is 5.75 Å². The predicted octanol–water partition coefficient (Wildman–Crippen LogP) is -1.34. The van der Waals surface area contributed by atoms with Gasteiger partial charge in [0.05, 0.1) is 10.9 Å². The number of rotatable bonds is 4. The molecule has 0 fully saturated rings. The van der Waals surface area contributed by atoms with E-state index in [9.17, 15) is 23.4 Å². The van der Waals surface area contributed by atoms with Crippen LogP contribution in [0.1, 0.15) is 27.0 Å². The number of sulfonamides is 1. The van der Waals surface area contributed by atoms with E-state index in [4.69, 9.17) is 0 Å². The zero-order valence-corrected chi connectivity index (χ0v) is 20.1. The second-order valence-corrected chi connectivity index (χ2v) is 7.75. The van der Waals surface area contributed by atoms with Crippen molar-refractivity contribution >= 4 is 21.8 Å². The summed E-state index contributed by atoms with van der Waals surface area (Å²) in [6.07, 6.45) is 1.50. The zero-order valence-electron chi connectivity index (χ0n) is 16.2. The number of carboxylic acid groups (broad SMARTS) is 1. The average molecular weight is 447 g/mol. The van der Waals surface area contributed by atoms with Gasteiger partial charge in [-0.1, -0.05) is 17.9 Å². The predicted molar refractivity (Wildman–Crippen MR) is 105 cm³/mol. The van der Waals surface area contributed by atoms with Crippen LogP contribution in [0.4, 0.5) is 5.82 Å². The molecule has 146 valence electrons. The summed E-state index contributed by atoms with van der Waals surface area (Å²) in [4.78, 5) is 15.0. The molecule has 0 aliphatic heterocycles. The van der Waals surface area contributed by atoms with E-state index in [1.807, 2.05) is 0 Å². The van der Waals surface area contributed by atoms with Gasteiger partial charge >= 0.3 is 51.4 Å². The number of aromatic hydroxyl groups is 1. The largest absolute Gasteiger partial charge is 1.00 e. The third kappa shape index (κ3) is 5.92. The summed E-state index contributed by atoms with van der Waals surface area (Å²) in [7, 11) is -3.80. The number of anilines is 1. The minimum atomic E-state index is -3.80. The van der Waals surface area contributed by atoms with E-state index in [0.29, 0.717) is 16.7 Å². The molecule has 3 aromatic rings. The van der Waals surface area contributed by atoms with E-state index in [-0.39, 0.29) is 67.7 Å². The van der Waals surface area contributed by atoms with Gasteiger partial charge in [0, 0.05) is 22.9 Å². The first kappa shape index (κ1) is 24.1. The van der Waals surface area contributed by atoms with Gasteiger partial charge in [0.25, 0.3) is 10.0 Å². The smallest absolute Gasteiger partial charge is 0.545 e. The van der Waals surface area contributed by atoms with Crippen molar-refractivity contribution in [3.8, 4) is 17.6 Å². The maximum atomic E-state index is 12.5. The van der Waals surface area contributed by atoms with Crippen LogP contribution in [0, 0.1) is 18.8 Å². The van der Waals surface area contributed by atoms with Gasteiger partial charge < -0.3 is 15.0 Å². The zero-order chi connectivity index (χ0) is 21.0. The van der Waals surface area contributed by atoms with Crippen LogP contribution >= 0.6 is 0 Å². The first-order chi connectivity index (χ1) is 13.8. The van der Waals surface area contributed by atoms with Crippen molar-refractivity contribution in [1.82, 2.24) is 4.98 Å². The number of carbonyl (C=O) groups excluding carboxylic acids is 1. The molecule has 0 aliphatic rings. The summed E-state index contributed by atoms with van der Waals surface area (Å²) in [5.74, 6) is 3.92. The first-order valence-corrected chi connectivity index (χ1v) is 9.85. The molecular weight excluding hydrogens is 431 g/mol. The molecule has 1 heterocycles. The van der Waals surface area contributed by atoms with Gasteiger partial charge in [0.1, 0.15) is 11.6 Å². The van der Waals surface area contributed by atoms with Gasteiger partial charge in [-0.05, 0) is 61.0 Å². The molecule has 2 N–H and O–H groups in total. The Balaban J connectivity index is 0.00000320. The minimum Gasteiger partial charge on any atom is -0.545 e. The number of carbonyl (C=O) groups is 1. The fraction of sp³-hybridized carbons (Fsp3) is 0.0476. The SMILES string of the molecule is Cc1cccnc1NS(=O)(=O)c1ccc(C#Cc2ccc(O)c(C(=O)[O-])c2)cc1.[K+]. The Labute approximate surface area is 216 Å². The molecular formula is C21H15KN2O5S. The number of aromatic carboxylic acids is 1. The Morgan fingerprint density at radius 1 is 1.07 bits per heavy atom. The molecule has 0 amide bonds. The van der Waals surface area contributed by atoms with Gasteiger partial charge in [-0.15, -0.1) is 0 Å². The van der Waals surface area contributed by atoms with E-state index in [0.717, 1.165) is 0 Å². The molecule has 7 nitrogen and oxygen atoms in total. The van der Waals surface area contributed by atoms with Crippen LogP contribution in [0.3, 0.4) is 0 Å². The monoisotopic (exact) mass is 446 g/mol. The Bertz CT molecular complexity index is 1250. The molecule has 30 heavy (non-hydrogen) atoms. The molecule has 0 saturated heterocycles. The van der Waals surface area contributed by atoms with E-state index in [2.05, 4.69) is 21.5 Å². The summed E-state index contributed by atoms with van der Waals surface area (Å²) in [6, 6.07) is 13.2. The number of nitrogens with zero attached hydrogens (tertiary/aromatic N) is 1. The number of benzene rings is 2. The molecule has 3 rings (SSSR count). The quantitative estimate of drug-likeness (QED) is 0.378. The Morgan fingerprint density at radius 3 is 2.33 bits per heavy atom. The number of hydrogen-bond donors (Lipinski definition) is 2. The third-order valence-electron chi connectivity index (χ3n) is 3.97. The van der Waals surface area contributed by atoms with Crippen LogP contribution in [0.15, 0.2) is 65.7 Å². The summed E-state index contributed by atoms with van der Waals surface area (Å²) in [5.41, 5.74) is 1.24. The number of phenols is 1. The molecule has 0 radical (unpaired) electrons. The second kappa shape index (κ2) is 10.2. The number of hydrogen-bond acceptors (Lipinski definition) is 6. The van der Waals surface area contributed by atoms with Crippen LogP contribution in [-0.4, -0.2) is 24.5 Å². The van der Waals surface area contributed by atoms with Crippen molar-refractivity contribution in [2.45, 2.75) is 11.8 Å². The van der Waals surface area contributed by atoms with Crippen molar-refractivity contribution in [2.24, 2.45) is 0 Å². The summed E-state index contributed by atoms with van der Waals surface area (Å²) in [6.45, 7) is 1.75. The first-order valence-electron chi connectivity index (χ1n) is 8.37. The number of pyridine rings is 1. The summed E-state index contributed by atoms with van der Waals surface area (Å²) < 4.78 is 27.5. The third-order valence-corrected chi connectivity index (χ3v) is 5.33. The number of carboxylic acids is 1. The number of aryl methyl sites for hydroxylation is 1. The molecule has 0 saturated carbocycles. The molecule has 0 atom stereocenters. The molecule has 1 aromatic heterocycles. The number of aromatic nitrogens is 1. The summed E-state index contributed by atoms with van der Waals surface area (Å²) in [5, 5.41) is 20.4. The van der Waals surface area contributed by atoms with Crippen molar-refractivity contribution in [1.29, 1.82) is 0 Å². The topological polar surface area (TPSA) is 119 Å². The Morgan fingerprint density at radius 2 is 1.70 bits per heavy atom. The van der Waals surface area contributed by atoms with Gasteiger partial charge in [-0.3, -0.25) is 4.72 Å². The van der Waals surface area contributed by atoms with Crippen molar-refractivity contribution in [2.75, 3.05) is 4.72 Å². The Hall–Kier alpha value is -2.19. The standard InChI is InChI=1S/C21H16N2O5S.K/c1-14-3-2-12-22-20(14)23-29(27,28)17-9-6-15(7-10-17)4-5-16-8-11-19(24)18(13-16)21(25)26;/h2-3,6-13,24H,1H3,(H,22,23)(H,25,26);/q;+1/p-1. The number of nitrogens with one attached hydrogen (secondary N) is 1. The van der Waals surface area contributed by atoms with Crippen LogP contribution < -0.4 is 61.2 Å². The average Bonchev–Trinajstić information content (AvgIpc) is 2.69. The van der Waals surface area contributed by atoms with Crippen molar-refractivity contribution in [3.05, 3.63) is 83.0 Å². The van der Waals surface area contributed by atoms with Gasteiger partial charge in [-0.2, -0.15) is 0 Å². The minimum absolute atomic E-state index is 0. The normalized spacial score (nSPS) is 10.3. The van der Waals surface area contributed by atoms with Gasteiger partial charge in [0.15, 0.2) is 0 Å². The molecule has 0 unspecified atom stereocenters. The van der Waals surface area contributed by atoms with Crippen LogP contribution in [-0.2, 0) is 10.0 Å². The fourth-order valence-electron chi connectivity index (χ4n) is 2.42. The van der Waals surface area contributed by atoms with Crippen LogP contribution in [0.25, 0.3) is 0 Å². The van der Waals surface area contributed by atoms with E-state index < -0.39 is 21.7 Å². The Kier molecular flexibility index (Phi) is 8.20. The van der Waals surface area contributed by atoms with Crippen LogP contribution in [0.2, 0.25) is 0 Å². The van der Waals surface area contributed by atoms with Crippen molar-refractivity contribution in [3.63, 3.8) is 0 Å². The maximum absolute atomic E-state index is 12.5. The second-order valence-electron chi connectivity index (χ2n) is 6.07. The van der Waals surface area contributed by atoms with E-state index >= 15 is 0 Å². The van der Waals surface area contributed by atoms with Gasteiger partial charge in [-0.25, -0.2) is 13.4 Å². The van der Waals surface area contributed by atoms with E-state index in [1.165, 1.54) is 48.7 Å². The summed E-state index contributed by atoms with van der Waals surface area (Å²) >= 11 is 0.